The predicted octanol–water partition coefficient (Wildman–Crippen LogP) is 4.07. The molecule has 1 aliphatic carbocycles. The van der Waals surface area contributed by atoms with Crippen molar-refractivity contribution < 1.29 is 9.53 Å². The van der Waals surface area contributed by atoms with Gasteiger partial charge in [0, 0.05) is 25.6 Å². The van der Waals surface area contributed by atoms with E-state index in [0.717, 1.165) is 56.1 Å². The second-order valence-corrected chi connectivity index (χ2v) is 7.19. The van der Waals surface area contributed by atoms with E-state index in [2.05, 4.69) is 16.3 Å². The molecule has 1 saturated heterocycles. The van der Waals surface area contributed by atoms with Gasteiger partial charge in [0.2, 0.25) is 5.91 Å². The molecule has 0 unspecified atom stereocenters. The highest BCUT2D eigenvalue weighted by Crippen LogP contribution is 2.29. The zero-order chi connectivity index (χ0) is 16.8. The van der Waals surface area contributed by atoms with Crippen LogP contribution in [0.5, 0.6) is 5.75 Å². The van der Waals surface area contributed by atoms with Gasteiger partial charge in [0.25, 0.3) is 0 Å². The first-order valence-corrected chi connectivity index (χ1v) is 9.43. The van der Waals surface area contributed by atoms with Crippen molar-refractivity contribution in [2.24, 2.45) is 5.92 Å². The van der Waals surface area contributed by atoms with Crippen molar-refractivity contribution in [2.75, 3.05) is 25.5 Å². The minimum atomic E-state index is 0.359. The summed E-state index contributed by atoms with van der Waals surface area (Å²) in [5.74, 6) is 2.05. The molecule has 2 aliphatic rings. The monoisotopic (exact) mass is 330 g/mol. The Kier molecular flexibility index (Phi) is 6.00. The minimum Gasteiger partial charge on any atom is -0.495 e. The van der Waals surface area contributed by atoms with Crippen molar-refractivity contribution in [3.8, 4) is 5.75 Å². The number of rotatable bonds is 6. The fourth-order valence-corrected chi connectivity index (χ4v) is 4.04. The molecule has 0 atom stereocenters. The zero-order valence-corrected chi connectivity index (χ0v) is 14.8. The van der Waals surface area contributed by atoms with Gasteiger partial charge in [-0.05, 0) is 37.3 Å². The lowest BCUT2D eigenvalue weighted by Gasteiger charge is -2.33. The van der Waals surface area contributed by atoms with Gasteiger partial charge in [0.05, 0.1) is 12.8 Å². The number of nitrogens with one attached hydrogen (secondary N) is 1. The fourth-order valence-electron chi connectivity index (χ4n) is 4.04. The van der Waals surface area contributed by atoms with Crippen LogP contribution in [-0.4, -0.2) is 37.0 Å². The van der Waals surface area contributed by atoms with E-state index in [-0.39, 0.29) is 0 Å². The summed E-state index contributed by atoms with van der Waals surface area (Å²) in [7, 11) is 1.70. The molecule has 4 nitrogen and oxygen atoms in total. The van der Waals surface area contributed by atoms with E-state index in [1.165, 1.54) is 25.7 Å². The van der Waals surface area contributed by atoms with E-state index >= 15 is 0 Å². The molecule has 24 heavy (non-hydrogen) atoms. The number of carbonyl (C=O) groups excluding carboxylic acids is 1. The van der Waals surface area contributed by atoms with Gasteiger partial charge in [-0.15, -0.1) is 0 Å². The Morgan fingerprint density at radius 3 is 2.58 bits per heavy atom. The smallest absolute Gasteiger partial charge is 0.222 e. The highest BCUT2D eigenvalue weighted by atomic mass is 16.5. The Labute approximate surface area is 145 Å². The van der Waals surface area contributed by atoms with Gasteiger partial charge in [0.15, 0.2) is 0 Å². The standard InChI is InChI=1S/C20H30N2O2/c1-24-19-9-5-4-8-18(19)21-17-12-14-22(15-13-17)20(23)11-10-16-6-2-3-7-16/h4-5,8-9,16-17,21H,2-3,6-7,10-15H2,1H3. The number of para-hydroxylation sites is 2. The number of hydrogen-bond donors (Lipinski definition) is 1. The summed E-state index contributed by atoms with van der Waals surface area (Å²) < 4.78 is 5.40. The third kappa shape index (κ3) is 4.43. The van der Waals surface area contributed by atoms with Crippen LogP contribution in [-0.2, 0) is 4.79 Å². The van der Waals surface area contributed by atoms with Crippen LogP contribution in [0.2, 0.25) is 0 Å². The molecule has 3 rings (SSSR count). The zero-order valence-electron chi connectivity index (χ0n) is 14.8. The second kappa shape index (κ2) is 8.41. The maximum absolute atomic E-state index is 12.4. The lowest BCUT2D eigenvalue weighted by Crippen LogP contribution is -2.42. The molecular formula is C20H30N2O2. The molecule has 1 heterocycles. The first-order chi connectivity index (χ1) is 11.8. The minimum absolute atomic E-state index is 0.359. The van der Waals surface area contributed by atoms with E-state index in [0.29, 0.717) is 11.9 Å². The third-order valence-electron chi connectivity index (χ3n) is 5.56. The number of likely N-dealkylation sites (tertiary alicyclic amines) is 1. The number of carbonyl (C=O) groups is 1. The van der Waals surface area contributed by atoms with Crippen LogP contribution in [0.25, 0.3) is 0 Å². The van der Waals surface area contributed by atoms with Crippen molar-refractivity contribution in [1.29, 1.82) is 0 Å². The molecule has 1 amide bonds. The normalized spacial score (nSPS) is 19.5. The van der Waals surface area contributed by atoms with E-state index in [4.69, 9.17) is 4.74 Å². The lowest BCUT2D eigenvalue weighted by atomic mass is 10.00. The van der Waals surface area contributed by atoms with Crippen LogP contribution in [0.1, 0.15) is 51.4 Å². The highest BCUT2D eigenvalue weighted by Gasteiger charge is 2.24. The van der Waals surface area contributed by atoms with Gasteiger partial charge in [-0.3, -0.25) is 4.79 Å². The maximum atomic E-state index is 12.4. The Morgan fingerprint density at radius 1 is 1.17 bits per heavy atom. The van der Waals surface area contributed by atoms with Crippen LogP contribution in [0.3, 0.4) is 0 Å². The maximum Gasteiger partial charge on any atom is 0.222 e. The largest absolute Gasteiger partial charge is 0.495 e. The summed E-state index contributed by atoms with van der Waals surface area (Å²) in [5.41, 5.74) is 1.05. The van der Waals surface area contributed by atoms with E-state index < -0.39 is 0 Å². The summed E-state index contributed by atoms with van der Waals surface area (Å²) in [6.45, 7) is 1.74. The molecule has 1 saturated carbocycles. The lowest BCUT2D eigenvalue weighted by molar-refractivity contribution is -0.132. The van der Waals surface area contributed by atoms with Crippen LogP contribution < -0.4 is 10.1 Å². The van der Waals surface area contributed by atoms with E-state index in [1.807, 2.05) is 18.2 Å². The second-order valence-electron chi connectivity index (χ2n) is 7.19. The quantitative estimate of drug-likeness (QED) is 0.855. The molecule has 1 aromatic carbocycles. The van der Waals surface area contributed by atoms with Gasteiger partial charge in [0.1, 0.15) is 5.75 Å². The summed E-state index contributed by atoms with van der Waals surface area (Å²) >= 11 is 0. The van der Waals surface area contributed by atoms with Crippen molar-refractivity contribution in [3.05, 3.63) is 24.3 Å². The van der Waals surface area contributed by atoms with Crippen molar-refractivity contribution in [3.63, 3.8) is 0 Å². The first-order valence-electron chi connectivity index (χ1n) is 9.43. The number of amides is 1. The Balaban J connectivity index is 1.42. The van der Waals surface area contributed by atoms with E-state index in [9.17, 15) is 4.79 Å². The predicted molar refractivity (Wildman–Crippen MR) is 97.4 cm³/mol. The number of ether oxygens (including phenoxy) is 1. The molecule has 0 radical (unpaired) electrons. The van der Waals surface area contributed by atoms with E-state index in [1.54, 1.807) is 7.11 Å². The Morgan fingerprint density at radius 2 is 1.88 bits per heavy atom. The van der Waals surface area contributed by atoms with Gasteiger partial charge < -0.3 is 15.0 Å². The molecule has 0 bridgehead atoms. The topological polar surface area (TPSA) is 41.6 Å². The number of anilines is 1. The summed E-state index contributed by atoms with van der Waals surface area (Å²) in [6.07, 6.45) is 9.24. The molecule has 4 heteroatoms. The fraction of sp³-hybridized carbons (Fsp3) is 0.650. The van der Waals surface area contributed by atoms with Crippen LogP contribution in [0.4, 0.5) is 5.69 Å². The first kappa shape index (κ1) is 17.1. The molecule has 0 spiro atoms. The number of nitrogens with zero attached hydrogens (tertiary/aromatic N) is 1. The number of methoxy groups -OCH3 is 1. The average Bonchev–Trinajstić information content (AvgIpc) is 3.14. The van der Waals surface area contributed by atoms with Gasteiger partial charge in [-0.1, -0.05) is 37.8 Å². The molecule has 1 aromatic rings. The molecule has 0 aromatic heterocycles. The summed E-state index contributed by atoms with van der Waals surface area (Å²) in [5, 5.41) is 3.57. The molecule has 1 aliphatic heterocycles. The van der Waals surface area contributed by atoms with Crippen molar-refractivity contribution >= 4 is 11.6 Å². The number of piperidine rings is 1. The van der Waals surface area contributed by atoms with Crippen molar-refractivity contribution in [2.45, 2.75) is 57.4 Å². The SMILES string of the molecule is COc1ccccc1NC1CCN(C(=O)CCC2CCCC2)CC1. The van der Waals surface area contributed by atoms with Crippen LogP contribution >= 0.6 is 0 Å². The molecule has 1 N–H and O–H groups in total. The van der Waals surface area contributed by atoms with Crippen molar-refractivity contribution in [1.82, 2.24) is 4.90 Å². The van der Waals surface area contributed by atoms with Crippen LogP contribution in [0.15, 0.2) is 24.3 Å². The summed E-state index contributed by atoms with van der Waals surface area (Å²) in [4.78, 5) is 14.5. The Bertz CT molecular complexity index is 532. The molecule has 132 valence electrons. The summed E-state index contributed by atoms with van der Waals surface area (Å²) in [6, 6.07) is 8.45. The molecule has 2 fully saturated rings. The number of benzene rings is 1. The average molecular weight is 330 g/mol. The Hall–Kier alpha value is -1.71. The van der Waals surface area contributed by atoms with Gasteiger partial charge >= 0.3 is 0 Å². The van der Waals surface area contributed by atoms with Gasteiger partial charge in [-0.2, -0.15) is 0 Å². The third-order valence-corrected chi connectivity index (χ3v) is 5.56. The number of hydrogen-bond acceptors (Lipinski definition) is 3. The highest BCUT2D eigenvalue weighted by molar-refractivity contribution is 5.76. The van der Waals surface area contributed by atoms with Gasteiger partial charge in [-0.25, -0.2) is 0 Å². The molecular weight excluding hydrogens is 300 g/mol. The van der Waals surface area contributed by atoms with Crippen LogP contribution in [0, 0.1) is 5.92 Å².